The van der Waals surface area contributed by atoms with Gasteiger partial charge in [-0.25, -0.2) is 4.79 Å². The lowest BCUT2D eigenvalue weighted by Crippen LogP contribution is -2.37. The molecule has 104 valence electrons. The van der Waals surface area contributed by atoms with Gasteiger partial charge in [-0.1, -0.05) is 6.07 Å². The Balaban J connectivity index is 2.41. The SMILES string of the molecule is CSc1cccc(N(C)C2CCOC2C)c1C(=O)O. The molecule has 2 atom stereocenters. The molecule has 0 aromatic heterocycles. The van der Waals surface area contributed by atoms with Gasteiger partial charge < -0.3 is 14.7 Å². The Morgan fingerprint density at radius 3 is 2.79 bits per heavy atom. The van der Waals surface area contributed by atoms with Gasteiger partial charge in [0, 0.05) is 18.6 Å². The zero-order chi connectivity index (χ0) is 14.0. The molecule has 1 heterocycles. The Kier molecular flexibility index (Phi) is 4.37. The van der Waals surface area contributed by atoms with Crippen molar-refractivity contribution in [3.8, 4) is 0 Å². The van der Waals surface area contributed by atoms with Gasteiger partial charge in [-0.15, -0.1) is 11.8 Å². The van der Waals surface area contributed by atoms with Gasteiger partial charge >= 0.3 is 5.97 Å². The van der Waals surface area contributed by atoms with Crippen LogP contribution < -0.4 is 4.90 Å². The molecule has 1 aromatic rings. The molecule has 1 aliphatic rings. The Hall–Kier alpha value is -1.20. The molecule has 5 heteroatoms. The molecule has 0 amide bonds. The average Bonchev–Trinajstić information content (AvgIpc) is 2.83. The van der Waals surface area contributed by atoms with E-state index < -0.39 is 5.97 Å². The monoisotopic (exact) mass is 281 g/mol. The van der Waals surface area contributed by atoms with Crippen molar-refractivity contribution < 1.29 is 14.6 Å². The fraction of sp³-hybridized carbons (Fsp3) is 0.500. The number of carboxylic acid groups (broad SMARTS) is 1. The van der Waals surface area contributed by atoms with Crippen molar-refractivity contribution >= 4 is 23.4 Å². The van der Waals surface area contributed by atoms with E-state index in [9.17, 15) is 9.90 Å². The second kappa shape index (κ2) is 5.84. The van der Waals surface area contributed by atoms with Crippen LogP contribution in [-0.4, -0.2) is 43.1 Å². The molecule has 1 fully saturated rings. The lowest BCUT2D eigenvalue weighted by molar-refractivity contribution is 0.0693. The molecule has 1 N–H and O–H groups in total. The molecule has 0 spiro atoms. The summed E-state index contributed by atoms with van der Waals surface area (Å²) in [6, 6.07) is 5.86. The van der Waals surface area contributed by atoms with E-state index in [-0.39, 0.29) is 12.1 Å². The number of carboxylic acids is 1. The third-order valence-electron chi connectivity index (χ3n) is 3.65. The fourth-order valence-electron chi connectivity index (χ4n) is 2.61. The molecule has 4 nitrogen and oxygen atoms in total. The topological polar surface area (TPSA) is 49.8 Å². The summed E-state index contributed by atoms with van der Waals surface area (Å²) in [4.78, 5) is 14.4. The van der Waals surface area contributed by atoms with Crippen LogP contribution in [0.5, 0.6) is 0 Å². The van der Waals surface area contributed by atoms with Gasteiger partial charge in [0.25, 0.3) is 0 Å². The minimum Gasteiger partial charge on any atom is -0.478 e. The first kappa shape index (κ1) is 14.2. The summed E-state index contributed by atoms with van der Waals surface area (Å²) in [6.45, 7) is 2.77. The summed E-state index contributed by atoms with van der Waals surface area (Å²) >= 11 is 1.46. The average molecular weight is 281 g/mol. The number of carbonyl (C=O) groups is 1. The summed E-state index contributed by atoms with van der Waals surface area (Å²) < 4.78 is 5.57. The summed E-state index contributed by atoms with van der Waals surface area (Å²) in [5, 5.41) is 9.46. The second-order valence-corrected chi connectivity index (χ2v) is 5.55. The number of aromatic carboxylic acids is 1. The molecular weight excluding hydrogens is 262 g/mol. The number of likely N-dealkylation sites (N-methyl/N-ethyl adjacent to an activating group) is 1. The molecule has 0 bridgehead atoms. The maximum Gasteiger partial charge on any atom is 0.338 e. The highest BCUT2D eigenvalue weighted by Gasteiger charge is 2.30. The van der Waals surface area contributed by atoms with Crippen molar-refractivity contribution in [1.82, 2.24) is 0 Å². The molecule has 1 aromatic carbocycles. The molecule has 2 unspecified atom stereocenters. The van der Waals surface area contributed by atoms with Crippen LogP contribution in [0, 0.1) is 0 Å². The maximum absolute atomic E-state index is 11.5. The van der Waals surface area contributed by atoms with E-state index in [0.717, 1.165) is 23.6 Å². The zero-order valence-corrected chi connectivity index (χ0v) is 12.2. The highest BCUT2D eigenvalue weighted by atomic mass is 32.2. The third kappa shape index (κ3) is 2.72. The number of ether oxygens (including phenoxy) is 1. The highest BCUT2D eigenvalue weighted by Crippen LogP contribution is 2.32. The molecule has 0 radical (unpaired) electrons. The van der Waals surface area contributed by atoms with Gasteiger partial charge in [0.15, 0.2) is 0 Å². The molecule has 0 aliphatic carbocycles. The molecule has 1 saturated heterocycles. The van der Waals surface area contributed by atoms with E-state index in [1.54, 1.807) is 0 Å². The summed E-state index contributed by atoms with van der Waals surface area (Å²) in [5.41, 5.74) is 1.15. The summed E-state index contributed by atoms with van der Waals surface area (Å²) in [6.07, 6.45) is 2.96. The van der Waals surface area contributed by atoms with Crippen LogP contribution in [0.15, 0.2) is 23.1 Å². The van der Waals surface area contributed by atoms with E-state index in [1.165, 1.54) is 11.8 Å². The van der Waals surface area contributed by atoms with Crippen LogP contribution in [0.3, 0.4) is 0 Å². The number of hydrogen-bond acceptors (Lipinski definition) is 4. The molecule has 19 heavy (non-hydrogen) atoms. The normalized spacial score (nSPS) is 22.5. The van der Waals surface area contributed by atoms with E-state index in [2.05, 4.69) is 0 Å². The Labute approximate surface area is 117 Å². The minimum absolute atomic E-state index is 0.129. The number of nitrogens with zero attached hydrogens (tertiary/aromatic N) is 1. The Morgan fingerprint density at radius 1 is 1.53 bits per heavy atom. The molecule has 2 rings (SSSR count). The van der Waals surface area contributed by atoms with E-state index >= 15 is 0 Å². The fourth-order valence-corrected chi connectivity index (χ4v) is 3.22. The number of hydrogen-bond donors (Lipinski definition) is 1. The van der Waals surface area contributed by atoms with Crippen molar-refractivity contribution in [3.05, 3.63) is 23.8 Å². The van der Waals surface area contributed by atoms with E-state index in [4.69, 9.17) is 4.74 Å². The summed E-state index contributed by atoms with van der Waals surface area (Å²) in [5.74, 6) is -0.877. The highest BCUT2D eigenvalue weighted by molar-refractivity contribution is 7.98. The number of thioether (sulfide) groups is 1. The van der Waals surface area contributed by atoms with Crippen molar-refractivity contribution in [3.63, 3.8) is 0 Å². The van der Waals surface area contributed by atoms with Gasteiger partial charge in [0.1, 0.15) is 0 Å². The second-order valence-electron chi connectivity index (χ2n) is 4.70. The van der Waals surface area contributed by atoms with Crippen LogP contribution in [-0.2, 0) is 4.74 Å². The predicted octanol–water partition coefficient (Wildman–Crippen LogP) is 2.72. The van der Waals surface area contributed by atoms with E-state index in [1.807, 2.05) is 43.3 Å². The van der Waals surface area contributed by atoms with Crippen LogP contribution >= 0.6 is 11.8 Å². The molecule has 0 saturated carbocycles. The largest absolute Gasteiger partial charge is 0.478 e. The molecule has 1 aliphatic heterocycles. The first-order valence-electron chi connectivity index (χ1n) is 6.31. The number of rotatable bonds is 4. The number of anilines is 1. The maximum atomic E-state index is 11.5. The lowest BCUT2D eigenvalue weighted by atomic mass is 10.1. The van der Waals surface area contributed by atoms with Gasteiger partial charge in [-0.05, 0) is 31.7 Å². The third-order valence-corrected chi connectivity index (χ3v) is 4.43. The van der Waals surface area contributed by atoms with Gasteiger partial charge in [-0.2, -0.15) is 0 Å². The van der Waals surface area contributed by atoms with Crippen LogP contribution in [0.1, 0.15) is 23.7 Å². The minimum atomic E-state index is -0.877. The Morgan fingerprint density at radius 2 is 2.26 bits per heavy atom. The lowest BCUT2D eigenvalue weighted by Gasteiger charge is -2.30. The smallest absolute Gasteiger partial charge is 0.338 e. The zero-order valence-electron chi connectivity index (χ0n) is 11.4. The molecular formula is C14H19NO3S. The van der Waals surface area contributed by atoms with E-state index in [0.29, 0.717) is 5.56 Å². The van der Waals surface area contributed by atoms with Crippen molar-refractivity contribution in [2.45, 2.75) is 30.4 Å². The first-order valence-corrected chi connectivity index (χ1v) is 7.53. The predicted molar refractivity (Wildman–Crippen MR) is 77.4 cm³/mol. The van der Waals surface area contributed by atoms with Gasteiger partial charge in [0.2, 0.25) is 0 Å². The summed E-state index contributed by atoms with van der Waals surface area (Å²) in [7, 11) is 1.95. The van der Waals surface area contributed by atoms with Crippen LogP contribution in [0.25, 0.3) is 0 Å². The van der Waals surface area contributed by atoms with Crippen molar-refractivity contribution in [2.75, 3.05) is 24.8 Å². The van der Waals surface area contributed by atoms with Crippen LogP contribution in [0.2, 0.25) is 0 Å². The van der Waals surface area contributed by atoms with Crippen LogP contribution in [0.4, 0.5) is 5.69 Å². The Bertz CT molecular complexity index is 478. The van der Waals surface area contributed by atoms with Crippen molar-refractivity contribution in [2.24, 2.45) is 0 Å². The standard InChI is InChI=1S/C14H19NO3S/c1-9-10(7-8-18-9)15(2)11-5-4-6-12(19-3)13(11)14(16)17/h4-6,9-10H,7-8H2,1-3H3,(H,16,17). The van der Waals surface area contributed by atoms with Gasteiger partial charge in [0.05, 0.1) is 23.4 Å². The van der Waals surface area contributed by atoms with Crippen molar-refractivity contribution in [1.29, 1.82) is 0 Å². The first-order chi connectivity index (χ1) is 9.06. The quantitative estimate of drug-likeness (QED) is 0.860. The van der Waals surface area contributed by atoms with Gasteiger partial charge in [-0.3, -0.25) is 0 Å². The number of benzene rings is 1.